The zero-order valence-corrected chi connectivity index (χ0v) is 16.0. The minimum atomic E-state index is -0.114. The van der Waals surface area contributed by atoms with Crippen molar-refractivity contribution in [1.29, 1.82) is 0 Å². The third-order valence-electron chi connectivity index (χ3n) is 3.90. The molecule has 4 nitrogen and oxygen atoms in total. The van der Waals surface area contributed by atoms with Crippen LogP contribution in [-0.4, -0.2) is 25.5 Å². The molecule has 2 aromatic rings. The summed E-state index contributed by atoms with van der Waals surface area (Å²) >= 11 is 12.0. The number of carbonyl (C=O) groups is 1. The molecule has 0 saturated carbocycles. The van der Waals surface area contributed by atoms with Gasteiger partial charge in [0.2, 0.25) is 5.91 Å². The number of rotatable bonds is 8. The summed E-state index contributed by atoms with van der Waals surface area (Å²) in [7, 11) is 0. The summed E-state index contributed by atoms with van der Waals surface area (Å²) in [5.74, 6) is -0.114. The van der Waals surface area contributed by atoms with E-state index in [9.17, 15) is 4.79 Å². The van der Waals surface area contributed by atoms with Crippen molar-refractivity contribution in [2.75, 3.05) is 35.2 Å². The van der Waals surface area contributed by atoms with Gasteiger partial charge in [0.1, 0.15) is 0 Å². The smallest absolute Gasteiger partial charge is 0.226 e. The maximum atomic E-state index is 12.0. The second kappa shape index (κ2) is 9.54. The fourth-order valence-electron chi connectivity index (χ4n) is 2.51. The Morgan fingerprint density at radius 3 is 2.36 bits per heavy atom. The monoisotopic (exact) mass is 379 g/mol. The standard InChI is InChI=1S/C19H23Cl2N3O/c1-3-24(4-2)15-10-8-14(9-11-15)22-13-12-18(25)23-17-7-5-6-16(20)19(17)21/h5-11,22H,3-4,12-13H2,1-2H3,(H,23,25). The summed E-state index contributed by atoms with van der Waals surface area (Å²) in [6, 6.07) is 13.4. The van der Waals surface area contributed by atoms with Crippen LogP contribution in [0.4, 0.5) is 17.1 Å². The first-order valence-electron chi connectivity index (χ1n) is 8.37. The van der Waals surface area contributed by atoms with Gasteiger partial charge in [0.15, 0.2) is 0 Å². The molecule has 0 saturated heterocycles. The fraction of sp³-hybridized carbons (Fsp3) is 0.316. The Kier molecular flexibility index (Phi) is 7.41. The lowest BCUT2D eigenvalue weighted by Crippen LogP contribution is -2.21. The van der Waals surface area contributed by atoms with Crippen LogP contribution in [0.3, 0.4) is 0 Å². The number of hydrogen-bond donors (Lipinski definition) is 2. The van der Waals surface area contributed by atoms with Gasteiger partial charge in [-0.2, -0.15) is 0 Å². The third kappa shape index (κ3) is 5.55. The zero-order valence-electron chi connectivity index (χ0n) is 14.5. The Bertz CT molecular complexity index is 700. The number of nitrogens with zero attached hydrogens (tertiary/aromatic N) is 1. The molecule has 2 N–H and O–H groups in total. The molecular weight excluding hydrogens is 357 g/mol. The fourth-order valence-corrected chi connectivity index (χ4v) is 2.86. The van der Waals surface area contributed by atoms with Crippen LogP contribution in [0, 0.1) is 0 Å². The summed E-state index contributed by atoms with van der Waals surface area (Å²) in [6.45, 7) is 6.78. The predicted octanol–water partition coefficient (Wildman–Crippen LogP) is 5.28. The SMILES string of the molecule is CCN(CC)c1ccc(NCCC(=O)Nc2cccc(Cl)c2Cl)cc1. The molecule has 0 radical (unpaired) electrons. The van der Waals surface area contributed by atoms with E-state index in [-0.39, 0.29) is 5.91 Å². The molecule has 0 aliphatic carbocycles. The molecule has 0 aliphatic heterocycles. The number of halogens is 2. The van der Waals surface area contributed by atoms with Crippen molar-refractivity contribution in [3.05, 3.63) is 52.5 Å². The highest BCUT2D eigenvalue weighted by atomic mass is 35.5. The molecule has 0 heterocycles. The summed E-state index contributed by atoms with van der Waals surface area (Å²) in [4.78, 5) is 14.3. The van der Waals surface area contributed by atoms with Crippen molar-refractivity contribution in [3.63, 3.8) is 0 Å². The van der Waals surface area contributed by atoms with Crippen molar-refractivity contribution in [2.45, 2.75) is 20.3 Å². The van der Waals surface area contributed by atoms with Gasteiger partial charge in [-0.05, 0) is 50.2 Å². The Morgan fingerprint density at radius 1 is 1.04 bits per heavy atom. The van der Waals surface area contributed by atoms with Gasteiger partial charge in [0.25, 0.3) is 0 Å². The van der Waals surface area contributed by atoms with Crippen LogP contribution >= 0.6 is 23.2 Å². The molecular formula is C19H23Cl2N3O. The number of carbonyl (C=O) groups excluding carboxylic acids is 1. The number of benzene rings is 2. The number of nitrogens with one attached hydrogen (secondary N) is 2. The summed E-state index contributed by atoms with van der Waals surface area (Å²) in [5.41, 5.74) is 2.72. The first-order chi connectivity index (χ1) is 12.0. The normalized spacial score (nSPS) is 10.4. The van der Waals surface area contributed by atoms with E-state index in [0.717, 1.165) is 18.8 Å². The van der Waals surface area contributed by atoms with Gasteiger partial charge in [-0.25, -0.2) is 0 Å². The molecule has 1 amide bonds. The van der Waals surface area contributed by atoms with E-state index < -0.39 is 0 Å². The highest BCUT2D eigenvalue weighted by Gasteiger charge is 2.08. The van der Waals surface area contributed by atoms with Crippen molar-refractivity contribution in [2.24, 2.45) is 0 Å². The molecule has 6 heteroatoms. The average Bonchev–Trinajstić information content (AvgIpc) is 2.61. The molecule has 0 atom stereocenters. The first kappa shape index (κ1) is 19.4. The second-order valence-electron chi connectivity index (χ2n) is 5.55. The van der Waals surface area contributed by atoms with E-state index in [1.165, 1.54) is 5.69 Å². The lowest BCUT2D eigenvalue weighted by Gasteiger charge is -2.21. The van der Waals surface area contributed by atoms with Crippen molar-refractivity contribution in [3.8, 4) is 0 Å². The van der Waals surface area contributed by atoms with Gasteiger partial charge in [-0.15, -0.1) is 0 Å². The van der Waals surface area contributed by atoms with Crippen molar-refractivity contribution in [1.82, 2.24) is 0 Å². The number of hydrogen-bond acceptors (Lipinski definition) is 3. The number of amides is 1. The van der Waals surface area contributed by atoms with E-state index in [1.807, 2.05) is 12.1 Å². The first-order valence-corrected chi connectivity index (χ1v) is 9.13. The highest BCUT2D eigenvalue weighted by molar-refractivity contribution is 6.43. The van der Waals surface area contributed by atoms with Crippen molar-refractivity contribution < 1.29 is 4.79 Å². The minimum absolute atomic E-state index is 0.114. The molecule has 0 aromatic heterocycles. The van der Waals surface area contributed by atoms with Crippen LogP contribution in [0.2, 0.25) is 10.0 Å². The van der Waals surface area contributed by atoms with Crippen LogP contribution < -0.4 is 15.5 Å². The third-order valence-corrected chi connectivity index (χ3v) is 4.72. The van der Waals surface area contributed by atoms with Gasteiger partial charge < -0.3 is 15.5 Å². The van der Waals surface area contributed by atoms with Crippen LogP contribution in [0.25, 0.3) is 0 Å². The molecule has 25 heavy (non-hydrogen) atoms. The van der Waals surface area contributed by atoms with E-state index in [2.05, 4.69) is 41.5 Å². The maximum Gasteiger partial charge on any atom is 0.226 e. The largest absolute Gasteiger partial charge is 0.385 e. The maximum absolute atomic E-state index is 12.0. The van der Waals surface area contributed by atoms with E-state index in [0.29, 0.717) is 28.7 Å². The van der Waals surface area contributed by atoms with Crippen LogP contribution in [-0.2, 0) is 4.79 Å². The highest BCUT2D eigenvalue weighted by Crippen LogP contribution is 2.29. The van der Waals surface area contributed by atoms with Gasteiger partial charge in [-0.3, -0.25) is 4.79 Å². The predicted molar refractivity (Wildman–Crippen MR) is 108 cm³/mol. The Morgan fingerprint density at radius 2 is 1.72 bits per heavy atom. The van der Waals surface area contributed by atoms with Crippen LogP contribution in [0.1, 0.15) is 20.3 Å². The average molecular weight is 380 g/mol. The van der Waals surface area contributed by atoms with Gasteiger partial charge in [0.05, 0.1) is 15.7 Å². The molecule has 2 aromatic carbocycles. The quantitative estimate of drug-likeness (QED) is 0.655. The minimum Gasteiger partial charge on any atom is -0.385 e. The van der Waals surface area contributed by atoms with Gasteiger partial charge >= 0.3 is 0 Å². The molecule has 0 spiro atoms. The Hall–Kier alpha value is -1.91. The topological polar surface area (TPSA) is 44.4 Å². The summed E-state index contributed by atoms with van der Waals surface area (Å²) in [5, 5.41) is 6.81. The number of anilines is 3. The van der Waals surface area contributed by atoms with Crippen LogP contribution in [0.15, 0.2) is 42.5 Å². The van der Waals surface area contributed by atoms with Gasteiger partial charge in [0, 0.05) is 37.4 Å². The van der Waals surface area contributed by atoms with E-state index in [4.69, 9.17) is 23.2 Å². The van der Waals surface area contributed by atoms with Crippen molar-refractivity contribution >= 4 is 46.2 Å². The van der Waals surface area contributed by atoms with E-state index in [1.54, 1.807) is 18.2 Å². The van der Waals surface area contributed by atoms with Crippen LogP contribution in [0.5, 0.6) is 0 Å². The molecule has 0 bridgehead atoms. The Balaban J connectivity index is 1.82. The molecule has 0 unspecified atom stereocenters. The lowest BCUT2D eigenvalue weighted by molar-refractivity contribution is -0.115. The van der Waals surface area contributed by atoms with E-state index >= 15 is 0 Å². The Labute approximate surface area is 159 Å². The van der Waals surface area contributed by atoms with Gasteiger partial charge in [-0.1, -0.05) is 29.3 Å². The molecule has 0 fully saturated rings. The lowest BCUT2D eigenvalue weighted by atomic mass is 10.2. The zero-order chi connectivity index (χ0) is 18.2. The summed E-state index contributed by atoms with van der Waals surface area (Å²) < 4.78 is 0. The second-order valence-corrected chi connectivity index (χ2v) is 6.33. The molecule has 2 rings (SSSR count). The molecule has 134 valence electrons. The molecule has 0 aliphatic rings. The summed E-state index contributed by atoms with van der Waals surface area (Å²) in [6.07, 6.45) is 0.334.